The number of hydrogen-bond donors (Lipinski definition) is 0. The fourth-order valence-corrected chi connectivity index (χ4v) is 2.87. The summed E-state index contributed by atoms with van der Waals surface area (Å²) >= 11 is 0. The highest BCUT2D eigenvalue weighted by Crippen LogP contribution is 2.15. The second-order valence-corrected chi connectivity index (χ2v) is 6.47. The summed E-state index contributed by atoms with van der Waals surface area (Å²) < 4.78 is 36.7. The van der Waals surface area contributed by atoms with Crippen LogP contribution in [0.4, 0.5) is 10.1 Å². The van der Waals surface area contributed by atoms with Crippen LogP contribution in [0.5, 0.6) is 0 Å². The van der Waals surface area contributed by atoms with Gasteiger partial charge in [0.15, 0.2) is 9.84 Å². The van der Waals surface area contributed by atoms with Crippen molar-refractivity contribution in [1.29, 1.82) is 0 Å². The molecule has 0 aliphatic heterocycles. The van der Waals surface area contributed by atoms with Gasteiger partial charge in [0.1, 0.15) is 5.82 Å². The minimum atomic E-state index is -3.51. The van der Waals surface area contributed by atoms with Crippen LogP contribution < -0.4 is 0 Å². The molecule has 0 aromatic heterocycles. The molecule has 0 aliphatic rings. The lowest BCUT2D eigenvalue weighted by Gasteiger charge is -2.00. The lowest BCUT2D eigenvalue weighted by atomic mass is 10.2. The van der Waals surface area contributed by atoms with Gasteiger partial charge in [-0.2, -0.15) is 0 Å². The van der Waals surface area contributed by atoms with Crippen LogP contribution in [0.3, 0.4) is 0 Å². The van der Waals surface area contributed by atoms with Gasteiger partial charge in [0.2, 0.25) is 0 Å². The molecule has 0 radical (unpaired) electrons. The highest BCUT2D eigenvalue weighted by Gasteiger charge is 2.08. The Kier molecular flexibility index (Phi) is 4.67. The molecule has 114 valence electrons. The SMILES string of the molecule is O=[N+]([O-])c1ccc(/C=C/S(=O)(=O)Cc2ccc(F)cc2)cc1. The molecule has 0 bridgehead atoms. The van der Waals surface area contributed by atoms with Gasteiger partial charge < -0.3 is 0 Å². The Balaban J connectivity index is 2.10. The smallest absolute Gasteiger partial charge is 0.258 e. The highest BCUT2D eigenvalue weighted by molar-refractivity contribution is 7.93. The molecule has 7 heteroatoms. The number of nitro groups is 1. The average molecular weight is 321 g/mol. The highest BCUT2D eigenvalue weighted by atomic mass is 32.2. The normalized spacial score (nSPS) is 11.7. The Morgan fingerprint density at radius 3 is 2.18 bits per heavy atom. The monoisotopic (exact) mass is 321 g/mol. The van der Waals surface area contributed by atoms with Gasteiger partial charge >= 0.3 is 0 Å². The first kappa shape index (κ1) is 15.8. The fraction of sp³-hybridized carbons (Fsp3) is 0.0667. The second kappa shape index (κ2) is 6.48. The summed E-state index contributed by atoms with van der Waals surface area (Å²) in [6, 6.07) is 10.7. The predicted molar refractivity (Wildman–Crippen MR) is 81.2 cm³/mol. The van der Waals surface area contributed by atoms with E-state index in [1.54, 1.807) is 0 Å². The fourth-order valence-electron chi connectivity index (χ4n) is 1.75. The molecule has 0 N–H and O–H groups in total. The quantitative estimate of drug-likeness (QED) is 0.625. The largest absolute Gasteiger partial charge is 0.269 e. The van der Waals surface area contributed by atoms with Crippen LogP contribution in [0.25, 0.3) is 6.08 Å². The van der Waals surface area contributed by atoms with Gasteiger partial charge in [-0.1, -0.05) is 12.1 Å². The van der Waals surface area contributed by atoms with Gasteiger partial charge in [-0.25, -0.2) is 12.8 Å². The van der Waals surface area contributed by atoms with Crippen LogP contribution >= 0.6 is 0 Å². The van der Waals surface area contributed by atoms with E-state index in [-0.39, 0.29) is 11.4 Å². The third-order valence-electron chi connectivity index (χ3n) is 2.85. The Hall–Kier alpha value is -2.54. The Morgan fingerprint density at radius 2 is 1.64 bits per heavy atom. The third-order valence-corrected chi connectivity index (χ3v) is 4.14. The molecule has 0 saturated heterocycles. The van der Waals surface area contributed by atoms with Gasteiger partial charge in [0.25, 0.3) is 5.69 Å². The minimum Gasteiger partial charge on any atom is -0.258 e. The summed E-state index contributed by atoms with van der Waals surface area (Å²) in [6.07, 6.45) is 1.36. The standard InChI is InChI=1S/C15H12FNO4S/c16-14-5-1-13(2-6-14)11-22(20,21)10-9-12-3-7-15(8-4-12)17(18)19/h1-10H,11H2/b10-9+. The molecule has 0 heterocycles. The van der Waals surface area contributed by atoms with Crippen LogP contribution in [0.15, 0.2) is 53.9 Å². The first-order chi connectivity index (χ1) is 10.4. The minimum absolute atomic E-state index is 0.0636. The molecule has 5 nitrogen and oxygen atoms in total. The topological polar surface area (TPSA) is 77.3 Å². The molecule has 0 atom stereocenters. The average Bonchev–Trinajstić information content (AvgIpc) is 2.48. The summed E-state index contributed by atoms with van der Waals surface area (Å²) in [6.45, 7) is 0. The molecule has 0 unspecified atom stereocenters. The Bertz CT molecular complexity index is 796. The van der Waals surface area contributed by atoms with Crippen molar-refractivity contribution in [3.63, 3.8) is 0 Å². The van der Waals surface area contributed by atoms with E-state index < -0.39 is 20.6 Å². The summed E-state index contributed by atoms with van der Waals surface area (Å²) in [5.41, 5.74) is 0.953. The summed E-state index contributed by atoms with van der Waals surface area (Å²) in [7, 11) is -3.51. The van der Waals surface area contributed by atoms with Gasteiger partial charge in [-0.15, -0.1) is 0 Å². The van der Waals surface area contributed by atoms with Crippen LogP contribution in [-0.4, -0.2) is 13.3 Å². The number of nitro benzene ring substituents is 1. The van der Waals surface area contributed by atoms with E-state index in [0.717, 1.165) is 5.41 Å². The summed E-state index contributed by atoms with van der Waals surface area (Å²) in [4.78, 5) is 9.99. The van der Waals surface area contributed by atoms with Crippen molar-refractivity contribution in [1.82, 2.24) is 0 Å². The molecule has 0 spiro atoms. The van der Waals surface area contributed by atoms with Crippen molar-refractivity contribution in [2.45, 2.75) is 5.75 Å². The second-order valence-electron chi connectivity index (χ2n) is 4.59. The summed E-state index contributed by atoms with van der Waals surface area (Å²) in [5, 5.41) is 11.6. The maximum atomic E-state index is 12.8. The number of nitrogens with zero attached hydrogens (tertiary/aromatic N) is 1. The zero-order valence-electron chi connectivity index (χ0n) is 11.3. The maximum absolute atomic E-state index is 12.8. The number of hydrogen-bond acceptors (Lipinski definition) is 4. The van der Waals surface area contributed by atoms with Crippen molar-refractivity contribution in [2.75, 3.05) is 0 Å². The lowest BCUT2D eigenvalue weighted by molar-refractivity contribution is -0.384. The molecule has 22 heavy (non-hydrogen) atoms. The van der Waals surface area contributed by atoms with E-state index in [4.69, 9.17) is 0 Å². The molecule has 2 rings (SSSR count). The van der Waals surface area contributed by atoms with Crippen LogP contribution in [0.1, 0.15) is 11.1 Å². The zero-order valence-corrected chi connectivity index (χ0v) is 12.2. The van der Waals surface area contributed by atoms with E-state index in [1.807, 2.05) is 0 Å². The van der Waals surface area contributed by atoms with Crippen molar-refractivity contribution in [2.24, 2.45) is 0 Å². The third kappa shape index (κ3) is 4.49. The Labute approximate surface area is 126 Å². The number of sulfone groups is 1. The molecule has 0 fully saturated rings. The van der Waals surface area contributed by atoms with Gasteiger partial charge in [-0.3, -0.25) is 10.1 Å². The molecule has 0 amide bonds. The zero-order chi connectivity index (χ0) is 16.2. The number of benzene rings is 2. The first-order valence-electron chi connectivity index (χ1n) is 6.25. The number of non-ortho nitro benzene ring substituents is 1. The van der Waals surface area contributed by atoms with E-state index >= 15 is 0 Å². The van der Waals surface area contributed by atoms with Crippen LogP contribution in [-0.2, 0) is 15.6 Å². The van der Waals surface area contributed by atoms with Crippen molar-refractivity contribution < 1.29 is 17.7 Å². The first-order valence-corrected chi connectivity index (χ1v) is 7.97. The molecule has 0 saturated carbocycles. The summed E-state index contributed by atoms with van der Waals surface area (Å²) in [5.74, 6) is -0.668. The maximum Gasteiger partial charge on any atom is 0.269 e. The van der Waals surface area contributed by atoms with Crippen molar-refractivity contribution >= 4 is 21.6 Å². The van der Waals surface area contributed by atoms with Gasteiger partial charge in [0, 0.05) is 17.5 Å². The van der Waals surface area contributed by atoms with Crippen molar-refractivity contribution in [3.8, 4) is 0 Å². The van der Waals surface area contributed by atoms with Crippen LogP contribution in [0, 0.1) is 15.9 Å². The Morgan fingerprint density at radius 1 is 1.05 bits per heavy atom. The lowest BCUT2D eigenvalue weighted by Crippen LogP contribution is -1.99. The van der Waals surface area contributed by atoms with E-state index in [2.05, 4.69) is 0 Å². The van der Waals surface area contributed by atoms with Crippen molar-refractivity contribution in [3.05, 3.63) is 81.0 Å². The molecule has 2 aromatic carbocycles. The molecular formula is C15H12FNO4S. The van der Waals surface area contributed by atoms with E-state index in [1.165, 1.54) is 54.6 Å². The van der Waals surface area contributed by atoms with Gasteiger partial charge in [-0.05, 0) is 41.5 Å². The van der Waals surface area contributed by atoms with E-state index in [0.29, 0.717) is 11.1 Å². The van der Waals surface area contributed by atoms with Crippen LogP contribution in [0.2, 0.25) is 0 Å². The number of rotatable bonds is 5. The predicted octanol–water partition coefficient (Wildman–Crippen LogP) is 3.32. The molecule has 0 aliphatic carbocycles. The van der Waals surface area contributed by atoms with Gasteiger partial charge in [0.05, 0.1) is 10.7 Å². The molecule has 2 aromatic rings. The molecular weight excluding hydrogens is 309 g/mol. The number of halogens is 1. The van der Waals surface area contributed by atoms with E-state index in [9.17, 15) is 22.9 Å².